The second-order valence-corrected chi connectivity index (χ2v) is 8.67. The zero-order chi connectivity index (χ0) is 23.4. The third-order valence-electron chi connectivity index (χ3n) is 5.19. The number of allylic oxidation sites excluding steroid dienone is 4. The van der Waals surface area contributed by atoms with E-state index in [-0.39, 0.29) is 36.3 Å². The summed E-state index contributed by atoms with van der Waals surface area (Å²) in [5, 5.41) is 12.6. The second kappa shape index (κ2) is 10.4. The molecule has 0 fully saturated rings. The number of benzene rings is 1. The molecular weight excluding hydrogens is 545 g/mol. The maximum Gasteiger partial charge on any atom is 0.293 e. The molecule has 0 saturated carbocycles. The molecule has 10 heteroatoms. The number of hydrogen-bond acceptors (Lipinski definition) is 5. The second-order valence-electron chi connectivity index (χ2n) is 7.42. The number of rotatable bonds is 8. The van der Waals surface area contributed by atoms with E-state index >= 15 is 0 Å². The molecule has 1 aliphatic carbocycles. The number of hydrogen-bond donors (Lipinski definition) is 3. The van der Waals surface area contributed by atoms with Gasteiger partial charge in [-0.2, -0.15) is 0 Å². The van der Waals surface area contributed by atoms with Gasteiger partial charge in [0.15, 0.2) is 0 Å². The lowest BCUT2D eigenvalue weighted by atomic mass is 10.0. The molecule has 2 heterocycles. The van der Waals surface area contributed by atoms with Gasteiger partial charge in [-0.05, 0) is 71.3 Å². The highest BCUT2D eigenvalue weighted by Crippen LogP contribution is 2.35. The number of anilines is 2. The van der Waals surface area contributed by atoms with Crippen molar-refractivity contribution >= 4 is 50.8 Å². The van der Waals surface area contributed by atoms with Crippen LogP contribution in [0.2, 0.25) is 0 Å². The summed E-state index contributed by atoms with van der Waals surface area (Å²) in [5.41, 5.74) is 3.80. The Bertz CT molecular complexity index is 1240. The van der Waals surface area contributed by atoms with Gasteiger partial charge in [0, 0.05) is 27.9 Å². The summed E-state index contributed by atoms with van der Waals surface area (Å²) in [4.78, 5) is 22.4. The van der Waals surface area contributed by atoms with Gasteiger partial charge in [0.25, 0.3) is 5.91 Å². The third kappa shape index (κ3) is 5.23. The Hall–Kier alpha value is -2.83. The molecular formula is C23H21F2IN4O3. The van der Waals surface area contributed by atoms with Gasteiger partial charge < -0.3 is 15.0 Å². The Morgan fingerprint density at radius 1 is 1.33 bits per heavy atom. The minimum absolute atomic E-state index is 0.0546. The first kappa shape index (κ1) is 23.3. The van der Waals surface area contributed by atoms with Crippen LogP contribution in [0.4, 0.5) is 20.2 Å². The van der Waals surface area contributed by atoms with E-state index < -0.39 is 11.7 Å². The van der Waals surface area contributed by atoms with E-state index in [0.29, 0.717) is 29.6 Å². The predicted molar refractivity (Wildman–Crippen MR) is 129 cm³/mol. The standard InChI is InChI=1S/C23H21F2IN4O3/c24-15-3-1-14(2-4-15)13-30-20-7-8-27-12-17(20)21(22(30)23(32)29-33-10-9-31)28-19-6-5-16(26)11-18(19)25/h1,3-8,11-12,14,28,31H,2,9-10,13H2,(H,29,32). The first-order valence-electron chi connectivity index (χ1n) is 10.2. The van der Waals surface area contributed by atoms with Crippen molar-refractivity contribution in [2.24, 2.45) is 5.92 Å². The number of nitrogens with zero attached hydrogens (tertiary/aromatic N) is 2. The highest BCUT2D eigenvalue weighted by Gasteiger charge is 2.26. The monoisotopic (exact) mass is 566 g/mol. The fourth-order valence-electron chi connectivity index (χ4n) is 3.69. The van der Waals surface area contributed by atoms with Gasteiger partial charge in [-0.15, -0.1) is 0 Å². The minimum Gasteiger partial charge on any atom is -0.394 e. The maximum absolute atomic E-state index is 14.6. The van der Waals surface area contributed by atoms with Gasteiger partial charge >= 0.3 is 0 Å². The number of pyridine rings is 1. The molecule has 0 aliphatic heterocycles. The fraction of sp³-hybridized carbons (Fsp3) is 0.217. The van der Waals surface area contributed by atoms with E-state index in [1.54, 1.807) is 41.2 Å². The van der Waals surface area contributed by atoms with Crippen LogP contribution in [0.25, 0.3) is 10.9 Å². The summed E-state index contributed by atoms with van der Waals surface area (Å²) in [6, 6.07) is 6.50. The number of aromatic nitrogens is 2. The van der Waals surface area contributed by atoms with E-state index in [2.05, 4.69) is 15.8 Å². The number of carbonyl (C=O) groups excluding carboxylic acids is 1. The molecule has 172 valence electrons. The van der Waals surface area contributed by atoms with Crippen molar-refractivity contribution in [3.05, 3.63) is 75.8 Å². The molecule has 33 heavy (non-hydrogen) atoms. The quantitative estimate of drug-likeness (QED) is 0.211. The summed E-state index contributed by atoms with van der Waals surface area (Å²) in [5.74, 6) is -1.39. The molecule has 1 aromatic carbocycles. The number of aliphatic hydroxyl groups excluding tert-OH is 1. The Morgan fingerprint density at radius 3 is 2.91 bits per heavy atom. The molecule has 4 rings (SSSR count). The van der Waals surface area contributed by atoms with Gasteiger partial charge in [-0.3, -0.25) is 14.6 Å². The molecule has 3 N–H and O–H groups in total. The van der Waals surface area contributed by atoms with Crippen LogP contribution in [0.3, 0.4) is 0 Å². The average molecular weight is 566 g/mol. The van der Waals surface area contributed by atoms with Crippen LogP contribution < -0.4 is 10.8 Å². The number of amides is 1. The molecule has 0 bridgehead atoms. The van der Waals surface area contributed by atoms with Crippen LogP contribution in [-0.4, -0.2) is 33.8 Å². The molecule has 1 aliphatic rings. The maximum atomic E-state index is 14.6. The Morgan fingerprint density at radius 2 is 2.18 bits per heavy atom. The molecule has 0 radical (unpaired) electrons. The summed E-state index contributed by atoms with van der Waals surface area (Å²) >= 11 is 2.02. The van der Waals surface area contributed by atoms with Crippen molar-refractivity contribution in [2.75, 3.05) is 18.5 Å². The molecule has 0 saturated heterocycles. The van der Waals surface area contributed by atoms with Gasteiger partial charge in [0.2, 0.25) is 0 Å². The Balaban J connectivity index is 1.81. The number of halogens is 3. The van der Waals surface area contributed by atoms with Gasteiger partial charge in [0.05, 0.1) is 30.1 Å². The normalized spacial score (nSPS) is 15.5. The van der Waals surface area contributed by atoms with Crippen LogP contribution in [0.5, 0.6) is 0 Å². The summed E-state index contributed by atoms with van der Waals surface area (Å²) in [6.45, 7) is 0.0226. The summed E-state index contributed by atoms with van der Waals surface area (Å²) < 4.78 is 30.6. The molecule has 1 unspecified atom stereocenters. The van der Waals surface area contributed by atoms with E-state index in [4.69, 9.17) is 9.94 Å². The molecule has 1 atom stereocenters. The van der Waals surface area contributed by atoms with Crippen molar-refractivity contribution in [2.45, 2.75) is 13.0 Å². The number of carbonyl (C=O) groups is 1. The van der Waals surface area contributed by atoms with Crippen molar-refractivity contribution in [1.82, 2.24) is 15.0 Å². The van der Waals surface area contributed by atoms with Gasteiger partial charge in [-0.25, -0.2) is 14.3 Å². The number of hydroxylamine groups is 1. The van der Waals surface area contributed by atoms with Crippen LogP contribution >= 0.6 is 22.6 Å². The predicted octanol–water partition coefficient (Wildman–Crippen LogP) is 4.61. The third-order valence-corrected chi connectivity index (χ3v) is 5.86. The molecule has 1 amide bonds. The first-order valence-corrected chi connectivity index (χ1v) is 11.3. The Kier molecular flexibility index (Phi) is 7.36. The van der Waals surface area contributed by atoms with Crippen LogP contribution in [0, 0.1) is 15.3 Å². The van der Waals surface area contributed by atoms with E-state index in [9.17, 15) is 13.6 Å². The summed E-state index contributed by atoms with van der Waals surface area (Å²) in [6.07, 6.45) is 8.35. The van der Waals surface area contributed by atoms with E-state index in [1.807, 2.05) is 22.6 Å². The van der Waals surface area contributed by atoms with E-state index in [0.717, 1.165) is 3.57 Å². The van der Waals surface area contributed by atoms with Gasteiger partial charge in [-0.1, -0.05) is 6.08 Å². The Labute approximate surface area is 202 Å². The van der Waals surface area contributed by atoms with Crippen molar-refractivity contribution in [1.29, 1.82) is 0 Å². The molecule has 0 spiro atoms. The number of fused-ring (bicyclic) bond motifs is 1. The number of nitrogens with one attached hydrogen (secondary N) is 2. The lowest BCUT2D eigenvalue weighted by Gasteiger charge is -2.18. The zero-order valence-corrected chi connectivity index (χ0v) is 19.6. The summed E-state index contributed by atoms with van der Waals surface area (Å²) in [7, 11) is 0. The highest BCUT2D eigenvalue weighted by molar-refractivity contribution is 14.1. The van der Waals surface area contributed by atoms with Gasteiger partial charge in [0.1, 0.15) is 17.3 Å². The minimum atomic E-state index is -0.574. The van der Waals surface area contributed by atoms with E-state index in [1.165, 1.54) is 18.2 Å². The lowest BCUT2D eigenvalue weighted by Crippen LogP contribution is -2.29. The van der Waals surface area contributed by atoms with Crippen LogP contribution in [-0.2, 0) is 11.4 Å². The SMILES string of the molecule is O=C(NOCCO)c1c(Nc2ccc(I)cc2F)c2cnccc2n1CC1C=CC(F)=CC1. The topological polar surface area (TPSA) is 88.4 Å². The molecule has 7 nitrogen and oxygen atoms in total. The highest BCUT2D eigenvalue weighted by atomic mass is 127. The molecule has 2 aromatic heterocycles. The lowest BCUT2D eigenvalue weighted by molar-refractivity contribution is 0.0162. The largest absolute Gasteiger partial charge is 0.394 e. The average Bonchev–Trinajstić information content (AvgIpc) is 3.10. The zero-order valence-electron chi connectivity index (χ0n) is 17.4. The van der Waals surface area contributed by atoms with Crippen molar-refractivity contribution in [3.63, 3.8) is 0 Å². The van der Waals surface area contributed by atoms with Crippen molar-refractivity contribution < 1.29 is 23.5 Å². The molecule has 3 aromatic rings. The van der Waals surface area contributed by atoms with Crippen molar-refractivity contribution in [3.8, 4) is 0 Å². The first-order chi connectivity index (χ1) is 16.0. The fourth-order valence-corrected chi connectivity index (χ4v) is 4.15. The number of aliphatic hydroxyl groups is 1. The van der Waals surface area contributed by atoms with Crippen LogP contribution in [0.1, 0.15) is 16.9 Å². The van der Waals surface area contributed by atoms with Crippen LogP contribution in [0.15, 0.2) is 60.7 Å². The smallest absolute Gasteiger partial charge is 0.293 e.